The molecule has 0 aromatic carbocycles. The number of esters is 1. The van der Waals surface area contributed by atoms with Gasteiger partial charge in [0, 0.05) is 24.6 Å². The van der Waals surface area contributed by atoms with Crippen LogP contribution in [0.2, 0.25) is 0 Å². The van der Waals surface area contributed by atoms with Gasteiger partial charge in [0.15, 0.2) is 0 Å². The van der Waals surface area contributed by atoms with Gasteiger partial charge in [-0.1, -0.05) is 18.3 Å². The molecule has 1 aromatic rings. The molecule has 0 saturated carbocycles. The number of pyridine rings is 1. The highest BCUT2D eigenvalue weighted by Crippen LogP contribution is 2.41. The highest BCUT2D eigenvalue weighted by Gasteiger charge is 2.54. The summed E-state index contributed by atoms with van der Waals surface area (Å²) < 4.78 is 5.60. The Bertz CT molecular complexity index is 927. The molecule has 2 aliphatic heterocycles. The second-order valence-corrected chi connectivity index (χ2v) is 9.94. The number of fused-ring (bicyclic) bond motifs is 1. The van der Waals surface area contributed by atoms with Crippen LogP contribution < -0.4 is 5.32 Å². The molecule has 10 heteroatoms. The zero-order valence-electron chi connectivity index (χ0n) is 17.6. The Kier molecular flexibility index (Phi) is 7.00. The van der Waals surface area contributed by atoms with Gasteiger partial charge < -0.3 is 15.2 Å². The molecule has 1 saturated heterocycles. The van der Waals surface area contributed by atoms with Crippen molar-refractivity contribution < 1.29 is 24.2 Å². The first kappa shape index (κ1) is 23.2. The Morgan fingerprint density at radius 1 is 1.39 bits per heavy atom. The van der Waals surface area contributed by atoms with Gasteiger partial charge in [0.05, 0.1) is 11.4 Å². The van der Waals surface area contributed by atoms with Gasteiger partial charge >= 0.3 is 11.9 Å². The Hall–Kier alpha value is -2.46. The molecule has 1 unspecified atom stereocenters. The van der Waals surface area contributed by atoms with Gasteiger partial charge in [0.2, 0.25) is 0 Å². The van der Waals surface area contributed by atoms with Gasteiger partial charge in [-0.25, -0.2) is 4.79 Å². The van der Waals surface area contributed by atoms with Crippen molar-refractivity contribution >= 4 is 46.8 Å². The second-order valence-electron chi connectivity index (χ2n) is 8.34. The molecule has 1 amide bonds. The number of thioether (sulfide) groups is 1. The first-order valence-electron chi connectivity index (χ1n) is 9.87. The highest BCUT2D eigenvalue weighted by atomic mass is 32.2. The molecule has 2 aliphatic rings. The number of hydrogen-bond donors (Lipinski definition) is 2. The Labute approximate surface area is 190 Å². The van der Waals surface area contributed by atoms with Crippen molar-refractivity contribution in [3.8, 4) is 0 Å². The van der Waals surface area contributed by atoms with Gasteiger partial charge in [-0.15, -0.1) is 11.8 Å². The number of aliphatic carboxylic acids is 1. The molecular weight excluding hydrogens is 438 g/mol. The molecule has 0 radical (unpaired) electrons. The van der Waals surface area contributed by atoms with Crippen molar-refractivity contribution in [2.75, 3.05) is 5.75 Å². The molecule has 31 heavy (non-hydrogen) atoms. The zero-order valence-corrected chi connectivity index (χ0v) is 19.2. The Morgan fingerprint density at radius 3 is 2.74 bits per heavy atom. The van der Waals surface area contributed by atoms with Crippen molar-refractivity contribution in [1.82, 2.24) is 15.2 Å². The number of amides is 1. The highest BCUT2D eigenvalue weighted by molar-refractivity contribution is 8.00. The van der Waals surface area contributed by atoms with Crippen molar-refractivity contribution in [1.29, 1.82) is 0 Å². The topological polar surface area (TPSA) is 109 Å². The molecule has 0 aliphatic carbocycles. The monoisotopic (exact) mass is 463 g/mol. The van der Waals surface area contributed by atoms with Crippen molar-refractivity contribution in [2.45, 2.75) is 57.1 Å². The van der Waals surface area contributed by atoms with E-state index in [-0.39, 0.29) is 29.8 Å². The van der Waals surface area contributed by atoms with E-state index in [0.717, 1.165) is 11.1 Å². The summed E-state index contributed by atoms with van der Waals surface area (Å²) in [5, 5.41) is 11.5. The number of aromatic nitrogens is 1. The first-order chi connectivity index (χ1) is 14.6. The number of carbonyl (C=O) groups is 3. The first-order valence-corrected chi connectivity index (χ1v) is 11.3. The number of thiocarbonyl (C=S) groups is 1. The van der Waals surface area contributed by atoms with E-state index < -0.39 is 23.6 Å². The van der Waals surface area contributed by atoms with E-state index >= 15 is 0 Å². The molecule has 2 N–H and O–H groups in total. The summed E-state index contributed by atoms with van der Waals surface area (Å²) in [7, 11) is 0. The fourth-order valence-corrected chi connectivity index (χ4v) is 4.92. The van der Waals surface area contributed by atoms with Gasteiger partial charge in [0.1, 0.15) is 22.7 Å². The normalized spacial score (nSPS) is 20.6. The van der Waals surface area contributed by atoms with Crippen LogP contribution in [-0.2, 0) is 25.5 Å². The van der Waals surface area contributed by atoms with Crippen LogP contribution in [0.25, 0.3) is 0 Å². The maximum atomic E-state index is 13.0. The third-order valence-electron chi connectivity index (χ3n) is 4.66. The molecule has 3 heterocycles. The van der Waals surface area contributed by atoms with Crippen molar-refractivity contribution in [3.05, 3.63) is 41.4 Å². The van der Waals surface area contributed by atoms with Crippen LogP contribution in [0.15, 0.2) is 35.8 Å². The van der Waals surface area contributed by atoms with Crippen LogP contribution in [0.5, 0.6) is 0 Å². The number of carboxylic acid groups (broad SMARTS) is 1. The molecule has 2 atom stereocenters. The van der Waals surface area contributed by atoms with Crippen LogP contribution in [0.1, 0.15) is 39.2 Å². The summed E-state index contributed by atoms with van der Waals surface area (Å²) >= 11 is 6.73. The van der Waals surface area contributed by atoms with E-state index in [1.54, 1.807) is 33.2 Å². The third-order valence-corrected chi connectivity index (χ3v) is 6.32. The lowest BCUT2D eigenvalue weighted by Gasteiger charge is -2.50. The smallest absolute Gasteiger partial charge is 0.355 e. The summed E-state index contributed by atoms with van der Waals surface area (Å²) in [4.78, 5) is 42.7. The number of carboxylic acids is 1. The summed E-state index contributed by atoms with van der Waals surface area (Å²) in [5.74, 6) is -1.21. The number of nitrogens with one attached hydrogen (secondary N) is 1. The number of ether oxygens (including phenoxy) is 1. The quantitative estimate of drug-likeness (QED) is 0.358. The number of rotatable bonds is 7. The fraction of sp³-hybridized carbons (Fsp3) is 0.476. The minimum absolute atomic E-state index is 0.105. The van der Waals surface area contributed by atoms with E-state index in [1.807, 2.05) is 12.1 Å². The van der Waals surface area contributed by atoms with Crippen LogP contribution in [0, 0.1) is 0 Å². The second kappa shape index (κ2) is 9.35. The molecule has 3 rings (SSSR count). The molecule has 8 nitrogen and oxygen atoms in total. The van der Waals surface area contributed by atoms with E-state index in [9.17, 15) is 14.4 Å². The maximum absolute atomic E-state index is 13.0. The van der Waals surface area contributed by atoms with E-state index in [0.29, 0.717) is 17.2 Å². The largest absolute Gasteiger partial charge is 0.481 e. The van der Waals surface area contributed by atoms with Crippen molar-refractivity contribution in [2.24, 2.45) is 0 Å². The Morgan fingerprint density at radius 2 is 2.13 bits per heavy atom. The molecule has 0 bridgehead atoms. The summed E-state index contributed by atoms with van der Waals surface area (Å²) in [6.07, 6.45) is 3.96. The van der Waals surface area contributed by atoms with Crippen LogP contribution >= 0.6 is 24.0 Å². The minimum atomic E-state index is -0.951. The Balaban J connectivity index is 1.82. The predicted octanol–water partition coefficient (Wildman–Crippen LogP) is 2.29. The third kappa shape index (κ3) is 5.62. The summed E-state index contributed by atoms with van der Waals surface area (Å²) in [5.41, 5.74) is 1.33. The van der Waals surface area contributed by atoms with Crippen LogP contribution in [-0.4, -0.2) is 60.6 Å². The van der Waals surface area contributed by atoms with Gasteiger partial charge in [-0.2, -0.15) is 0 Å². The van der Waals surface area contributed by atoms with Crippen LogP contribution in [0.3, 0.4) is 0 Å². The average Bonchev–Trinajstić information content (AvgIpc) is 2.69. The van der Waals surface area contributed by atoms with Crippen LogP contribution in [0.4, 0.5) is 0 Å². The fourth-order valence-electron chi connectivity index (χ4n) is 3.35. The minimum Gasteiger partial charge on any atom is -0.481 e. The molecule has 0 spiro atoms. The molecule has 166 valence electrons. The van der Waals surface area contributed by atoms with Gasteiger partial charge in [0.25, 0.3) is 5.91 Å². The van der Waals surface area contributed by atoms with Crippen molar-refractivity contribution in [3.63, 3.8) is 0 Å². The van der Waals surface area contributed by atoms with E-state index in [1.165, 1.54) is 16.7 Å². The molecular formula is C21H25N3O5S2. The SMILES string of the molecule is CC(C)(C)OC(=O)C1=C(Cc2cccnc2)CS[C@@H]2C(NC(=S)CCC(=O)O)C(=O)N12. The predicted molar refractivity (Wildman–Crippen MR) is 120 cm³/mol. The van der Waals surface area contributed by atoms with Gasteiger partial charge in [-0.3, -0.25) is 19.5 Å². The lowest BCUT2D eigenvalue weighted by Crippen LogP contribution is -2.70. The summed E-state index contributed by atoms with van der Waals surface area (Å²) in [6.45, 7) is 5.35. The molecule has 1 fully saturated rings. The van der Waals surface area contributed by atoms with Gasteiger partial charge in [-0.05, 0) is 44.4 Å². The standard InChI is InChI=1S/C21H25N3O5S2/c1-21(2,3)29-20(28)17-13(9-12-5-4-8-22-10-12)11-31-19-16(18(27)24(17)19)23-14(30)6-7-15(25)26/h4-5,8,10,16,19H,6-7,9,11H2,1-3H3,(H,23,30)(H,25,26)/t16?,19-/m1/s1. The van der Waals surface area contributed by atoms with E-state index in [4.69, 9.17) is 22.1 Å². The number of carbonyl (C=O) groups excluding carboxylic acids is 2. The average molecular weight is 464 g/mol. The lowest BCUT2D eigenvalue weighted by atomic mass is 9.99. The summed E-state index contributed by atoms with van der Waals surface area (Å²) in [6, 6.07) is 3.16. The number of β-lactam (4-membered cyclic amide) rings is 1. The van der Waals surface area contributed by atoms with E-state index in [2.05, 4.69) is 10.3 Å². The number of nitrogens with zero attached hydrogens (tertiary/aromatic N) is 2. The lowest BCUT2D eigenvalue weighted by molar-refractivity contribution is -0.158. The molecule has 1 aromatic heterocycles. The maximum Gasteiger partial charge on any atom is 0.355 e. The zero-order chi connectivity index (χ0) is 22.8. The number of hydrogen-bond acceptors (Lipinski definition) is 7.